The highest BCUT2D eigenvalue weighted by Crippen LogP contribution is 2.12. The first-order valence-corrected chi connectivity index (χ1v) is 6.18. The zero-order valence-corrected chi connectivity index (χ0v) is 10.9. The lowest BCUT2D eigenvalue weighted by Gasteiger charge is -2.34. The monoisotopic (exact) mass is 278 g/mol. The molecule has 1 saturated heterocycles. The number of carbonyl (C=O) groups excluding carboxylic acids is 2. The van der Waals surface area contributed by atoms with Gasteiger partial charge < -0.3 is 15.3 Å². The fourth-order valence-electron chi connectivity index (χ4n) is 2.06. The van der Waals surface area contributed by atoms with E-state index in [0.717, 1.165) is 12.4 Å². The number of carbonyl (C=O) groups is 3. The number of hydrogen-bond donors (Lipinski definition) is 2. The minimum absolute atomic E-state index is 0.0307. The molecule has 1 aliphatic rings. The van der Waals surface area contributed by atoms with E-state index in [1.807, 2.05) is 6.92 Å². The summed E-state index contributed by atoms with van der Waals surface area (Å²) < 4.78 is 0. The summed E-state index contributed by atoms with van der Waals surface area (Å²) in [7, 11) is 0. The second kappa shape index (κ2) is 5.64. The van der Waals surface area contributed by atoms with Crippen LogP contribution in [-0.2, 0) is 4.79 Å². The fourth-order valence-corrected chi connectivity index (χ4v) is 2.06. The highest BCUT2D eigenvalue weighted by molar-refractivity contribution is 5.97. The molecule has 1 atom stereocenters. The van der Waals surface area contributed by atoms with Crippen LogP contribution < -0.4 is 5.32 Å². The molecular weight excluding hydrogens is 264 g/mol. The molecule has 1 aromatic heterocycles. The lowest BCUT2D eigenvalue weighted by molar-refractivity contribution is -0.127. The van der Waals surface area contributed by atoms with Gasteiger partial charge >= 0.3 is 5.97 Å². The first kappa shape index (κ1) is 13.9. The van der Waals surface area contributed by atoms with Crippen molar-refractivity contribution in [1.82, 2.24) is 20.2 Å². The van der Waals surface area contributed by atoms with E-state index in [9.17, 15) is 14.4 Å². The molecule has 0 spiro atoms. The number of nitrogens with zero attached hydrogens (tertiary/aromatic N) is 3. The first-order chi connectivity index (χ1) is 9.54. The third-order valence-corrected chi connectivity index (χ3v) is 3.07. The van der Waals surface area contributed by atoms with E-state index in [4.69, 9.17) is 5.11 Å². The third-order valence-electron chi connectivity index (χ3n) is 3.07. The standard InChI is InChI=1S/C12H14N4O4/c1-2-9-10(17)13-3-4-16(9)11(18)7-5-15-8(6-14-7)12(19)20/h5-6,9H,2-4H2,1H3,(H,13,17)(H,19,20). The molecule has 1 aliphatic heterocycles. The second-order valence-electron chi connectivity index (χ2n) is 4.31. The molecule has 0 saturated carbocycles. The number of carboxylic acids is 1. The minimum Gasteiger partial charge on any atom is -0.476 e. The molecule has 2 heterocycles. The third kappa shape index (κ3) is 2.58. The Balaban J connectivity index is 2.21. The molecule has 1 fully saturated rings. The molecule has 0 aliphatic carbocycles. The Morgan fingerprint density at radius 2 is 2.05 bits per heavy atom. The highest BCUT2D eigenvalue weighted by Gasteiger charge is 2.32. The lowest BCUT2D eigenvalue weighted by atomic mass is 10.1. The number of carboxylic acid groups (broad SMARTS) is 1. The molecule has 8 nitrogen and oxygen atoms in total. The predicted octanol–water partition coefficient (Wildman–Crippen LogP) is -0.475. The number of rotatable bonds is 3. The summed E-state index contributed by atoms with van der Waals surface area (Å²) in [5, 5.41) is 11.4. The molecule has 8 heteroatoms. The Bertz CT molecular complexity index is 543. The van der Waals surface area contributed by atoms with Crippen LogP contribution >= 0.6 is 0 Å². The van der Waals surface area contributed by atoms with Crippen LogP contribution in [0.3, 0.4) is 0 Å². The number of amides is 2. The number of aromatic carboxylic acids is 1. The van der Waals surface area contributed by atoms with Crippen LogP contribution in [-0.4, -0.2) is 56.9 Å². The Kier molecular flexibility index (Phi) is 3.92. The molecule has 1 aromatic rings. The molecule has 1 unspecified atom stereocenters. The van der Waals surface area contributed by atoms with Gasteiger partial charge in [-0.1, -0.05) is 6.92 Å². The van der Waals surface area contributed by atoms with Gasteiger partial charge in [0.15, 0.2) is 5.69 Å². The maximum absolute atomic E-state index is 12.3. The average Bonchev–Trinajstić information content (AvgIpc) is 2.46. The summed E-state index contributed by atoms with van der Waals surface area (Å²) >= 11 is 0. The van der Waals surface area contributed by atoms with Crippen LogP contribution in [0.5, 0.6) is 0 Å². The molecule has 0 radical (unpaired) electrons. The normalized spacial score (nSPS) is 18.6. The SMILES string of the molecule is CCC1C(=O)NCCN1C(=O)c1cnc(C(=O)O)cn1. The van der Waals surface area contributed by atoms with E-state index in [-0.39, 0.29) is 17.3 Å². The minimum atomic E-state index is -1.21. The second-order valence-corrected chi connectivity index (χ2v) is 4.31. The number of aromatic nitrogens is 2. The Morgan fingerprint density at radius 1 is 1.40 bits per heavy atom. The van der Waals surface area contributed by atoms with Crippen molar-refractivity contribution < 1.29 is 19.5 Å². The van der Waals surface area contributed by atoms with Gasteiger partial charge in [-0.25, -0.2) is 14.8 Å². The molecule has 2 amide bonds. The molecule has 106 valence electrons. The van der Waals surface area contributed by atoms with Gasteiger partial charge in [0.25, 0.3) is 5.91 Å². The average molecular weight is 278 g/mol. The summed E-state index contributed by atoms with van der Waals surface area (Å²) in [5.41, 5.74) is -0.201. The van der Waals surface area contributed by atoms with E-state index in [2.05, 4.69) is 15.3 Å². The van der Waals surface area contributed by atoms with Gasteiger partial charge in [0.1, 0.15) is 11.7 Å². The van der Waals surface area contributed by atoms with Gasteiger partial charge in [-0.2, -0.15) is 0 Å². The van der Waals surface area contributed by atoms with Crippen molar-refractivity contribution in [2.45, 2.75) is 19.4 Å². The van der Waals surface area contributed by atoms with Crippen LogP contribution in [0.15, 0.2) is 12.4 Å². The lowest BCUT2D eigenvalue weighted by Crippen LogP contribution is -2.57. The molecule has 20 heavy (non-hydrogen) atoms. The number of hydrogen-bond acceptors (Lipinski definition) is 5. The topological polar surface area (TPSA) is 112 Å². The summed E-state index contributed by atoms with van der Waals surface area (Å²) in [5.74, 6) is -1.82. The molecule has 2 N–H and O–H groups in total. The summed E-state index contributed by atoms with van der Waals surface area (Å²) in [6.45, 7) is 2.60. The zero-order valence-electron chi connectivity index (χ0n) is 10.9. The van der Waals surface area contributed by atoms with Crippen LogP contribution in [0.1, 0.15) is 34.3 Å². The van der Waals surface area contributed by atoms with Crippen molar-refractivity contribution in [3.8, 4) is 0 Å². The maximum Gasteiger partial charge on any atom is 0.356 e. The van der Waals surface area contributed by atoms with Crippen LogP contribution in [0.2, 0.25) is 0 Å². The van der Waals surface area contributed by atoms with E-state index < -0.39 is 17.9 Å². The van der Waals surface area contributed by atoms with E-state index in [1.165, 1.54) is 4.90 Å². The summed E-state index contributed by atoms with van der Waals surface area (Å²) in [6, 6.07) is -0.530. The molecular formula is C12H14N4O4. The highest BCUT2D eigenvalue weighted by atomic mass is 16.4. The van der Waals surface area contributed by atoms with Crippen molar-refractivity contribution in [2.75, 3.05) is 13.1 Å². The smallest absolute Gasteiger partial charge is 0.356 e. The largest absolute Gasteiger partial charge is 0.476 e. The predicted molar refractivity (Wildman–Crippen MR) is 67.1 cm³/mol. The molecule has 0 bridgehead atoms. The van der Waals surface area contributed by atoms with Gasteiger partial charge in [0, 0.05) is 13.1 Å². The Morgan fingerprint density at radius 3 is 2.60 bits per heavy atom. The van der Waals surface area contributed by atoms with E-state index in [1.54, 1.807) is 0 Å². The first-order valence-electron chi connectivity index (χ1n) is 6.18. The van der Waals surface area contributed by atoms with Crippen molar-refractivity contribution in [3.05, 3.63) is 23.8 Å². The van der Waals surface area contributed by atoms with Gasteiger partial charge in [0.05, 0.1) is 12.4 Å². The summed E-state index contributed by atoms with van der Waals surface area (Å²) in [6.07, 6.45) is 2.64. The Hall–Kier alpha value is -2.51. The van der Waals surface area contributed by atoms with Crippen molar-refractivity contribution >= 4 is 17.8 Å². The van der Waals surface area contributed by atoms with Crippen LogP contribution in [0.4, 0.5) is 0 Å². The van der Waals surface area contributed by atoms with E-state index in [0.29, 0.717) is 19.5 Å². The van der Waals surface area contributed by atoms with Crippen molar-refractivity contribution in [3.63, 3.8) is 0 Å². The van der Waals surface area contributed by atoms with Gasteiger partial charge in [-0.3, -0.25) is 9.59 Å². The van der Waals surface area contributed by atoms with Gasteiger partial charge in [-0.05, 0) is 6.42 Å². The fraction of sp³-hybridized carbons (Fsp3) is 0.417. The Labute approximate surface area is 114 Å². The summed E-state index contributed by atoms with van der Waals surface area (Å²) in [4.78, 5) is 43.6. The maximum atomic E-state index is 12.3. The van der Waals surface area contributed by atoms with Crippen molar-refractivity contribution in [2.24, 2.45) is 0 Å². The quantitative estimate of drug-likeness (QED) is 0.772. The molecule has 2 rings (SSSR count). The van der Waals surface area contributed by atoms with Crippen LogP contribution in [0, 0.1) is 0 Å². The van der Waals surface area contributed by atoms with Crippen molar-refractivity contribution in [1.29, 1.82) is 0 Å². The number of nitrogens with one attached hydrogen (secondary N) is 1. The zero-order chi connectivity index (χ0) is 14.7. The van der Waals surface area contributed by atoms with Gasteiger partial charge in [0.2, 0.25) is 5.91 Å². The molecule has 0 aromatic carbocycles. The van der Waals surface area contributed by atoms with Crippen LogP contribution in [0.25, 0.3) is 0 Å². The van der Waals surface area contributed by atoms with Gasteiger partial charge in [-0.15, -0.1) is 0 Å². The van der Waals surface area contributed by atoms with E-state index >= 15 is 0 Å². The number of piperazine rings is 1.